The summed E-state index contributed by atoms with van der Waals surface area (Å²) in [5, 5.41) is 11.5. The zero-order chi connectivity index (χ0) is 12.4. The molecule has 3 aromatic rings. The lowest BCUT2D eigenvalue weighted by atomic mass is 10.4. The first-order valence-corrected chi connectivity index (χ1v) is 7.02. The van der Waals surface area contributed by atoms with Crippen LogP contribution in [0.3, 0.4) is 0 Å². The van der Waals surface area contributed by atoms with Crippen molar-refractivity contribution >= 4 is 23.1 Å². The molecule has 0 unspecified atom stereocenters. The number of aryl methyl sites for hydroxylation is 1. The van der Waals surface area contributed by atoms with E-state index in [9.17, 15) is 0 Å². The van der Waals surface area contributed by atoms with Gasteiger partial charge in [0.15, 0.2) is 5.82 Å². The normalized spacial score (nSPS) is 10.7. The van der Waals surface area contributed by atoms with E-state index in [0.29, 0.717) is 0 Å². The first kappa shape index (κ1) is 11.4. The lowest BCUT2D eigenvalue weighted by Gasteiger charge is -1.96. The fraction of sp³-hybridized carbons (Fsp3) is 0.0833. The molecule has 4 nitrogen and oxygen atoms in total. The molecule has 0 spiro atoms. The highest BCUT2D eigenvalue weighted by Crippen LogP contribution is 2.36. The first-order valence-electron chi connectivity index (χ1n) is 5.38. The van der Waals surface area contributed by atoms with Crippen molar-refractivity contribution in [2.75, 3.05) is 0 Å². The molecule has 90 valence electrons. The standard InChI is InChI=1S/C12H10N4S2/c1-16-12(13-14-15-16)10-7-8-11(18-10)17-9-5-3-2-4-6-9/h2-8H,1H3. The Morgan fingerprint density at radius 2 is 1.94 bits per heavy atom. The second-order valence-corrected chi connectivity index (χ2v) is 6.12. The Labute approximate surface area is 113 Å². The third-order valence-electron chi connectivity index (χ3n) is 2.38. The van der Waals surface area contributed by atoms with E-state index < -0.39 is 0 Å². The van der Waals surface area contributed by atoms with E-state index in [1.807, 2.05) is 25.2 Å². The minimum atomic E-state index is 0.805. The van der Waals surface area contributed by atoms with Crippen molar-refractivity contribution in [3.63, 3.8) is 0 Å². The molecule has 0 fully saturated rings. The Bertz CT molecular complexity index is 645. The van der Waals surface area contributed by atoms with Crippen molar-refractivity contribution in [2.45, 2.75) is 9.10 Å². The molecule has 2 aromatic heterocycles. The summed E-state index contributed by atoms with van der Waals surface area (Å²) in [6.07, 6.45) is 0. The molecule has 0 amide bonds. The maximum absolute atomic E-state index is 4.01. The number of nitrogens with zero attached hydrogens (tertiary/aromatic N) is 4. The van der Waals surface area contributed by atoms with Crippen LogP contribution in [-0.4, -0.2) is 20.2 Å². The van der Waals surface area contributed by atoms with E-state index in [4.69, 9.17) is 0 Å². The fourth-order valence-corrected chi connectivity index (χ4v) is 3.68. The largest absolute Gasteiger partial charge is 0.228 e. The van der Waals surface area contributed by atoms with E-state index in [-0.39, 0.29) is 0 Å². The van der Waals surface area contributed by atoms with Crippen LogP contribution in [0.2, 0.25) is 0 Å². The average molecular weight is 274 g/mol. The number of hydrogen-bond acceptors (Lipinski definition) is 5. The molecule has 2 heterocycles. The summed E-state index contributed by atoms with van der Waals surface area (Å²) in [6.45, 7) is 0. The van der Waals surface area contributed by atoms with Crippen LogP contribution in [0.15, 0.2) is 51.6 Å². The van der Waals surface area contributed by atoms with Gasteiger partial charge in [-0.1, -0.05) is 30.0 Å². The predicted octanol–water partition coefficient (Wildman–Crippen LogP) is 3.09. The van der Waals surface area contributed by atoms with E-state index >= 15 is 0 Å². The van der Waals surface area contributed by atoms with Gasteiger partial charge in [-0.2, -0.15) is 0 Å². The van der Waals surface area contributed by atoms with Gasteiger partial charge in [-0.3, -0.25) is 0 Å². The Morgan fingerprint density at radius 1 is 1.11 bits per heavy atom. The molecule has 0 bridgehead atoms. The Kier molecular flexibility index (Phi) is 3.12. The highest BCUT2D eigenvalue weighted by molar-refractivity contribution is 8.01. The summed E-state index contributed by atoms with van der Waals surface area (Å²) < 4.78 is 2.92. The van der Waals surface area contributed by atoms with E-state index in [1.54, 1.807) is 27.8 Å². The van der Waals surface area contributed by atoms with E-state index in [0.717, 1.165) is 10.7 Å². The maximum atomic E-state index is 4.01. The molecular weight excluding hydrogens is 264 g/mol. The Balaban J connectivity index is 1.84. The van der Waals surface area contributed by atoms with Crippen molar-refractivity contribution < 1.29 is 0 Å². The number of tetrazole rings is 1. The van der Waals surface area contributed by atoms with Gasteiger partial charge in [0.25, 0.3) is 0 Å². The molecular formula is C12H10N4S2. The summed E-state index contributed by atoms with van der Waals surface area (Å²) in [7, 11) is 1.85. The van der Waals surface area contributed by atoms with Crippen molar-refractivity contribution in [3.8, 4) is 10.7 Å². The van der Waals surface area contributed by atoms with Gasteiger partial charge in [0.2, 0.25) is 0 Å². The number of hydrogen-bond donors (Lipinski definition) is 0. The van der Waals surface area contributed by atoms with Gasteiger partial charge < -0.3 is 0 Å². The average Bonchev–Trinajstić information content (AvgIpc) is 2.99. The summed E-state index contributed by atoms with van der Waals surface area (Å²) >= 11 is 3.45. The van der Waals surface area contributed by atoms with Gasteiger partial charge in [-0.25, -0.2) is 4.68 Å². The highest BCUT2D eigenvalue weighted by atomic mass is 32.2. The summed E-state index contributed by atoms with van der Waals surface area (Å²) in [6, 6.07) is 14.5. The molecule has 0 N–H and O–H groups in total. The predicted molar refractivity (Wildman–Crippen MR) is 72.7 cm³/mol. The maximum Gasteiger partial charge on any atom is 0.191 e. The Morgan fingerprint density at radius 3 is 2.67 bits per heavy atom. The van der Waals surface area contributed by atoms with Gasteiger partial charge in [0.05, 0.1) is 9.09 Å². The van der Waals surface area contributed by atoms with E-state index in [2.05, 4.69) is 39.8 Å². The van der Waals surface area contributed by atoms with Crippen LogP contribution in [0, 0.1) is 0 Å². The fourth-order valence-electron chi connectivity index (χ4n) is 1.54. The molecule has 3 rings (SSSR count). The molecule has 0 aliphatic rings. The molecule has 0 atom stereocenters. The quantitative estimate of drug-likeness (QED) is 0.736. The van der Waals surface area contributed by atoms with Gasteiger partial charge in [-0.15, -0.1) is 16.4 Å². The van der Waals surface area contributed by atoms with Crippen molar-refractivity contribution in [1.82, 2.24) is 20.2 Å². The number of rotatable bonds is 3. The van der Waals surface area contributed by atoms with Gasteiger partial charge in [-0.05, 0) is 34.7 Å². The monoisotopic (exact) mass is 274 g/mol. The van der Waals surface area contributed by atoms with Gasteiger partial charge in [0.1, 0.15) is 0 Å². The topological polar surface area (TPSA) is 43.6 Å². The lowest BCUT2D eigenvalue weighted by molar-refractivity contribution is 0.715. The van der Waals surface area contributed by atoms with Crippen LogP contribution in [0.4, 0.5) is 0 Å². The molecule has 0 aliphatic heterocycles. The first-order chi connectivity index (χ1) is 8.83. The minimum absolute atomic E-state index is 0.805. The number of thiophene rings is 1. The second-order valence-electron chi connectivity index (χ2n) is 3.66. The van der Waals surface area contributed by atoms with Crippen LogP contribution in [0.1, 0.15) is 0 Å². The smallest absolute Gasteiger partial charge is 0.191 e. The second kappa shape index (κ2) is 4.91. The Hall–Kier alpha value is -1.66. The van der Waals surface area contributed by atoms with Crippen LogP contribution < -0.4 is 0 Å². The molecule has 0 aliphatic carbocycles. The zero-order valence-corrected chi connectivity index (χ0v) is 11.3. The summed E-state index contributed by atoms with van der Waals surface area (Å²) in [5.74, 6) is 0.805. The highest BCUT2D eigenvalue weighted by Gasteiger charge is 2.09. The molecule has 0 radical (unpaired) electrons. The van der Waals surface area contributed by atoms with Crippen molar-refractivity contribution in [3.05, 3.63) is 42.5 Å². The van der Waals surface area contributed by atoms with Gasteiger partial charge in [0, 0.05) is 11.9 Å². The molecule has 6 heteroatoms. The van der Waals surface area contributed by atoms with Crippen LogP contribution in [0.5, 0.6) is 0 Å². The molecule has 0 saturated carbocycles. The third-order valence-corrected chi connectivity index (χ3v) is 4.60. The number of benzene rings is 1. The van der Waals surface area contributed by atoms with Crippen molar-refractivity contribution in [1.29, 1.82) is 0 Å². The van der Waals surface area contributed by atoms with Crippen molar-refractivity contribution in [2.24, 2.45) is 7.05 Å². The number of aromatic nitrogens is 4. The zero-order valence-electron chi connectivity index (χ0n) is 9.65. The molecule has 1 aromatic carbocycles. The van der Waals surface area contributed by atoms with Crippen LogP contribution >= 0.6 is 23.1 Å². The van der Waals surface area contributed by atoms with E-state index in [1.165, 1.54) is 9.10 Å². The summed E-state index contributed by atoms with van der Waals surface area (Å²) in [5.41, 5.74) is 0. The SMILES string of the molecule is Cn1nnnc1-c1ccc(Sc2ccccc2)s1. The molecule has 18 heavy (non-hydrogen) atoms. The minimum Gasteiger partial charge on any atom is -0.228 e. The van der Waals surface area contributed by atoms with Gasteiger partial charge >= 0.3 is 0 Å². The summed E-state index contributed by atoms with van der Waals surface area (Å²) in [4.78, 5) is 2.32. The van der Waals surface area contributed by atoms with Crippen LogP contribution in [0.25, 0.3) is 10.7 Å². The molecule has 0 saturated heterocycles. The third kappa shape index (κ3) is 2.30. The lowest BCUT2D eigenvalue weighted by Crippen LogP contribution is -1.92. The van der Waals surface area contributed by atoms with Crippen LogP contribution in [-0.2, 0) is 7.05 Å².